The molecule has 1 saturated heterocycles. The minimum atomic E-state index is -0.0795. The Morgan fingerprint density at radius 3 is 3.09 bits per heavy atom. The fourth-order valence-electron chi connectivity index (χ4n) is 2.66. The van der Waals surface area contributed by atoms with Crippen LogP contribution in [0.15, 0.2) is 28.8 Å². The van der Waals surface area contributed by atoms with Crippen LogP contribution >= 0.6 is 0 Å². The quantitative estimate of drug-likeness (QED) is 0.931. The van der Waals surface area contributed by atoms with E-state index < -0.39 is 0 Å². The van der Waals surface area contributed by atoms with Crippen molar-refractivity contribution in [2.24, 2.45) is 0 Å². The van der Waals surface area contributed by atoms with Crippen LogP contribution in [0.2, 0.25) is 0 Å². The van der Waals surface area contributed by atoms with Crippen molar-refractivity contribution in [1.29, 1.82) is 0 Å². The van der Waals surface area contributed by atoms with Gasteiger partial charge in [-0.05, 0) is 32.4 Å². The van der Waals surface area contributed by atoms with Gasteiger partial charge in [0.15, 0.2) is 0 Å². The second-order valence-corrected chi connectivity index (χ2v) is 5.72. The Bertz CT molecular complexity index is 662. The number of hydrogen-bond acceptors (Lipinski definition) is 5. The maximum absolute atomic E-state index is 12.2. The fourth-order valence-corrected chi connectivity index (χ4v) is 2.66. The number of hydrogen-bond donors (Lipinski definition) is 1. The van der Waals surface area contributed by atoms with Crippen LogP contribution in [0.3, 0.4) is 0 Å². The molecule has 3 rings (SSSR count). The number of nitrogens with zero attached hydrogens (tertiary/aromatic N) is 3. The van der Waals surface area contributed by atoms with E-state index >= 15 is 0 Å². The van der Waals surface area contributed by atoms with Crippen molar-refractivity contribution in [3.63, 3.8) is 0 Å². The zero-order chi connectivity index (χ0) is 15.5. The topological polar surface area (TPSA) is 71.3 Å². The average molecular weight is 300 g/mol. The highest BCUT2D eigenvalue weighted by molar-refractivity contribution is 5.81. The molecule has 2 heterocycles. The molecular formula is C16H20N4O2. The molecule has 1 fully saturated rings. The standard InChI is InChI=1S/C16H20N4O2/c1-11-5-3-6-12(9-11)15-18-14(22-19-15)10-20(2)16(21)13-7-4-8-17-13/h3,5-6,9,13,17H,4,7-8,10H2,1-2H3/t13-/m0/s1. The summed E-state index contributed by atoms with van der Waals surface area (Å²) >= 11 is 0. The van der Waals surface area contributed by atoms with Crippen molar-refractivity contribution in [2.75, 3.05) is 13.6 Å². The molecule has 1 aliphatic rings. The number of benzene rings is 1. The number of aryl methyl sites for hydroxylation is 1. The number of amides is 1. The molecule has 6 nitrogen and oxygen atoms in total. The summed E-state index contributed by atoms with van der Waals surface area (Å²) in [7, 11) is 1.76. The molecule has 1 atom stereocenters. The number of likely N-dealkylation sites (N-methyl/N-ethyl adjacent to an activating group) is 1. The van der Waals surface area contributed by atoms with E-state index in [4.69, 9.17) is 4.52 Å². The molecule has 1 aromatic carbocycles. The SMILES string of the molecule is Cc1cccc(-c2noc(CN(C)C(=O)[C@@H]3CCCN3)n2)c1. The van der Waals surface area contributed by atoms with Crippen LogP contribution in [0.5, 0.6) is 0 Å². The Labute approximate surface area is 129 Å². The maximum atomic E-state index is 12.2. The van der Waals surface area contributed by atoms with Gasteiger partial charge in [0.05, 0.1) is 12.6 Å². The molecule has 0 radical (unpaired) electrons. The summed E-state index contributed by atoms with van der Waals surface area (Å²) in [5.74, 6) is 1.08. The molecule has 1 amide bonds. The van der Waals surface area contributed by atoms with E-state index in [0.717, 1.165) is 30.5 Å². The van der Waals surface area contributed by atoms with Gasteiger partial charge in [0.2, 0.25) is 17.6 Å². The third-order valence-electron chi connectivity index (χ3n) is 3.85. The Hall–Kier alpha value is -2.21. The van der Waals surface area contributed by atoms with Crippen LogP contribution in [0, 0.1) is 6.92 Å². The van der Waals surface area contributed by atoms with Crippen LogP contribution in [0.1, 0.15) is 24.3 Å². The first kappa shape index (κ1) is 14.7. The fraction of sp³-hybridized carbons (Fsp3) is 0.438. The number of aromatic nitrogens is 2. The molecular weight excluding hydrogens is 280 g/mol. The predicted octanol–water partition coefficient (Wildman–Crippen LogP) is 1.76. The van der Waals surface area contributed by atoms with Gasteiger partial charge >= 0.3 is 0 Å². The van der Waals surface area contributed by atoms with E-state index in [-0.39, 0.29) is 11.9 Å². The third kappa shape index (κ3) is 3.17. The number of rotatable bonds is 4. The highest BCUT2D eigenvalue weighted by Gasteiger charge is 2.25. The summed E-state index contributed by atoms with van der Waals surface area (Å²) in [5, 5.41) is 7.20. The smallest absolute Gasteiger partial charge is 0.246 e. The lowest BCUT2D eigenvalue weighted by atomic mass is 10.1. The summed E-state index contributed by atoms with van der Waals surface area (Å²) in [5.41, 5.74) is 2.06. The van der Waals surface area contributed by atoms with Gasteiger partial charge in [-0.2, -0.15) is 4.98 Å². The molecule has 0 bridgehead atoms. The lowest BCUT2D eigenvalue weighted by Gasteiger charge is -2.19. The Balaban J connectivity index is 1.67. The van der Waals surface area contributed by atoms with Gasteiger partial charge in [-0.3, -0.25) is 4.79 Å². The zero-order valence-electron chi connectivity index (χ0n) is 12.9. The van der Waals surface area contributed by atoms with Crippen molar-refractivity contribution >= 4 is 5.91 Å². The third-order valence-corrected chi connectivity index (χ3v) is 3.85. The molecule has 0 unspecified atom stereocenters. The second-order valence-electron chi connectivity index (χ2n) is 5.72. The minimum absolute atomic E-state index is 0.0767. The molecule has 0 spiro atoms. The summed E-state index contributed by atoms with van der Waals surface area (Å²) in [6.07, 6.45) is 1.93. The van der Waals surface area contributed by atoms with Gasteiger partial charge in [-0.25, -0.2) is 0 Å². The zero-order valence-corrected chi connectivity index (χ0v) is 12.9. The van der Waals surface area contributed by atoms with Crippen LogP contribution in [0.25, 0.3) is 11.4 Å². The molecule has 22 heavy (non-hydrogen) atoms. The van der Waals surface area contributed by atoms with E-state index in [1.54, 1.807) is 11.9 Å². The van der Waals surface area contributed by atoms with Crippen molar-refractivity contribution in [2.45, 2.75) is 32.4 Å². The van der Waals surface area contributed by atoms with Gasteiger partial charge < -0.3 is 14.7 Å². The van der Waals surface area contributed by atoms with E-state index in [9.17, 15) is 4.79 Å². The van der Waals surface area contributed by atoms with Crippen LogP contribution in [0.4, 0.5) is 0 Å². The first-order valence-corrected chi connectivity index (χ1v) is 7.51. The Kier molecular flexibility index (Phi) is 4.20. The Morgan fingerprint density at radius 2 is 2.36 bits per heavy atom. The van der Waals surface area contributed by atoms with Crippen molar-refractivity contribution in [3.8, 4) is 11.4 Å². The van der Waals surface area contributed by atoms with Crippen LogP contribution in [-0.2, 0) is 11.3 Å². The largest absolute Gasteiger partial charge is 0.337 e. The van der Waals surface area contributed by atoms with Crippen molar-refractivity contribution < 1.29 is 9.32 Å². The van der Waals surface area contributed by atoms with Crippen molar-refractivity contribution in [1.82, 2.24) is 20.4 Å². The van der Waals surface area contributed by atoms with E-state index in [1.165, 1.54) is 0 Å². The highest BCUT2D eigenvalue weighted by atomic mass is 16.5. The molecule has 0 saturated carbocycles. The first-order valence-electron chi connectivity index (χ1n) is 7.51. The number of carbonyl (C=O) groups is 1. The number of carbonyl (C=O) groups excluding carboxylic acids is 1. The summed E-state index contributed by atoms with van der Waals surface area (Å²) in [6, 6.07) is 7.85. The van der Waals surface area contributed by atoms with E-state index in [0.29, 0.717) is 18.3 Å². The average Bonchev–Trinajstić information content (AvgIpc) is 3.18. The molecule has 0 aliphatic carbocycles. The van der Waals surface area contributed by atoms with Gasteiger partial charge in [0, 0.05) is 12.6 Å². The predicted molar refractivity (Wildman–Crippen MR) is 82.0 cm³/mol. The lowest BCUT2D eigenvalue weighted by Crippen LogP contribution is -2.41. The monoisotopic (exact) mass is 300 g/mol. The number of nitrogens with one attached hydrogen (secondary N) is 1. The highest BCUT2D eigenvalue weighted by Crippen LogP contribution is 2.17. The minimum Gasteiger partial charge on any atom is -0.337 e. The molecule has 1 aromatic heterocycles. The van der Waals surface area contributed by atoms with Gasteiger partial charge in [0.1, 0.15) is 0 Å². The summed E-state index contributed by atoms with van der Waals surface area (Å²) < 4.78 is 5.27. The van der Waals surface area contributed by atoms with Gasteiger partial charge in [-0.1, -0.05) is 28.9 Å². The van der Waals surface area contributed by atoms with E-state index in [2.05, 4.69) is 15.5 Å². The lowest BCUT2D eigenvalue weighted by molar-refractivity contribution is -0.132. The van der Waals surface area contributed by atoms with Crippen LogP contribution in [-0.4, -0.2) is 40.6 Å². The van der Waals surface area contributed by atoms with Crippen LogP contribution < -0.4 is 5.32 Å². The molecule has 6 heteroatoms. The normalized spacial score (nSPS) is 17.6. The Morgan fingerprint density at radius 1 is 1.50 bits per heavy atom. The maximum Gasteiger partial charge on any atom is 0.246 e. The summed E-state index contributed by atoms with van der Waals surface area (Å²) in [4.78, 5) is 18.3. The molecule has 1 aliphatic heterocycles. The van der Waals surface area contributed by atoms with Gasteiger partial charge in [0.25, 0.3) is 0 Å². The van der Waals surface area contributed by atoms with Crippen molar-refractivity contribution in [3.05, 3.63) is 35.7 Å². The van der Waals surface area contributed by atoms with Gasteiger partial charge in [-0.15, -0.1) is 0 Å². The second kappa shape index (κ2) is 6.27. The van der Waals surface area contributed by atoms with E-state index in [1.807, 2.05) is 31.2 Å². The molecule has 116 valence electrons. The first-order chi connectivity index (χ1) is 10.6. The molecule has 1 N–H and O–H groups in total. The molecule has 2 aromatic rings. The summed E-state index contributed by atoms with van der Waals surface area (Å²) in [6.45, 7) is 3.25.